The number of halogens is 1. The van der Waals surface area contributed by atoms with Gasteiger partial charge in [-0.25, -0.2) is 4.39 Å². The summed E-state index contributed by atoms with van der Waals surface area (Å²) in [6.07, 6.45) is 3.81. The molecule has 6 nitrogen and oxygen atoms in total. The van der Waals surface area contributed by atoms with Crippen molar-refractivity contribution in [2.24, 2.45) is 5.92 Å². The number of carbonyl (C=O) groups is 2. The second-order valence-electron chi connectivity index (χ2n) is 7.37. The first-order valence-electron chi connectivity index (χ1n) is 10.1. The molecule has 3 rings (SSSR count). The first kappa shape index (κ1) is 22.2. The van der Waals surface area contributed by atoms with E-state index in [-0.39, 0.29) is 23.4 Å². The lowest BCUT2D eigenvalue weighted by Gasteiger charge is -2.38. The summed E-state index contributed by atoms with van der Waals surface area (Å²) in [4.78, 5) is 26.5. The molecule has 7 heteroatoms. The normalized spacial score (nSPS) is 14.1. The van der Waals surface area contributed by atoms with Crippen LogP contribution in [0.25, 0.3) is 6.08 Å². The summed E-state index contributed by atoms with van der Waals surface area (Å²) in [6, 6.07) is 12.7. The van der Waals surface area contributed by atoms with Crippen LogP contribution in [0.5, 0.6) is 5.75 Å². The maximum absolute atomic E-state index is 13.0. The van der Waals surface area contributed by atoms with Gasteiger partial charge in [0.1, 0.15) is 11.6 Å². The Kier molecular flexibility index (Phi) is 7.52. The van der Waals surface area contributed by atoms with E-state index in [1.807, 2.05) is 0 Å². The summed E-state index contributed by atoms with van der Waals surface area (Å²) in [5, 5.41) is 11.8. The number of nitrogens with one attached hydrogen (secondary N) is 1. The van der Waals surface area contributed by atoms with Crippen molar-refractivity contribution < 1.29 is 18.7 Å². The predicted octanol–water partition coefficient (Wildman–Crippen LogP) is 3.04. The zero-order valence-electron chi connectivity index (χ0n) is 17.3. The largest absolute Gasteiger partial charge is 0.496 e. The Balaban J connectivity index is 1.36. The molecule has 0 atom stereocenters. The summed E-state index contributed by atoms with van der Waals surface area (Å²) in [7, 11) is 1.53. The van der Waals surface area contributed by atoms with Gasteiger partial charge in [0.25, 0.3) is 0 Å². The minimum absolute atomic E-state index is 0.0468. The average Bonchev–Trinajstić information content (AvgIpc) is 2.76. The van der Waals surface area contributed by atoms with Gasteiger partial charge in [-0.05, 0) is 61.5 Å². The molecule has 1 aliphatic heterocycles. The van der Waals surface area contributed by atoms with E-state index in [1.54, 1.807) is 24.3 Å². The van der Waals surface area contributed by atoms with Crippen LogP contribution >= 0.6 is 0 Å². The summed E-state index contributed by atoms with van der Waals surface area (Å²) in [5.41, 5.74) is 1.70. The van der Waals surface area contributed by atoms with Gasteiger partial charge in [0.15, 0.2) is 5.78 Å². The van der Waals surface area contributed by atoms with Crippen molar-refractivity contribution in [1.82, 2.24) is 10.2 Å². The van der Waals surface area contributed by atoms with Crippen molar-refractivity contribution in [3.63, 3.8) is 0 Å². The Hall–Kier alpha value is -3.50. The Bertz CT molecular complexity index is 1010. The number of hydrogen-bond acceptors (Lipinski definition) is 5. The van der Waals surface area contributed by atoms with E-state index >= 15 is 0 Å². The lowest BCUT2D eigenvalue weighted by molar-refractivity contribution is -0.116. The molecular formula is C24H24FN3O3. The third-order valence-electron chi connectivity index (χ3n) is 5.18. The fraction of sp³-hybridized carbons (Fsp3) is 0.292. The van der Waals surface area contributed by atoms with Gasteiger partial charge < -0.3 is 15.0 Å². The molecular weight excluding hydrogens is 397 g/mol. The first-order valence-corrected chi connectivity index (χ1v) is 10.1. The van der Waals surface area contributed by atoms with Gasteiger partial charge in [-0.2, -0.15) is 5.26 Å². The van der Waals surface area contributed by atoms with E-state index < -0.39 is 0 Å². The topological polar surface area (TPSA) is 82.4 Å². The summed E-state index contributed by atoms with van der Waals surface area (Å²) in [6.45, 7) is 2.67. The SMILES string of the molecule is COc1ccc(C#N)cc1/C=C/C(=O)NCCCN1CC(C(=O)c2ccc(F)cc2)C1. The number of carbonyl (C=O) groups excluding carboxylic acids is 2. The fourth-order valence-electron chi connectivity index (χ4n) is 3.44. The van der Waals surface area contributed by atoms with Crippen LogP contribution in [0.4, 0.5) is 4.39 Å². The zero-order chi connectivity index (χ0) is 22.2. The van der Waals surface area contributed by atoms with Crippen LogP contribution in [0.3, 0.4) is 0 Å². The van der Waals surface area contributed by atoms with Gasteiger partial charge >= 0.3 is 0 Å². The van der Waals surface area contributed by atoms with Crippen LogP contribution in [-0.4, -0.2) is 49.9 Å². The van der Waals surface area contributed by atoms with Crippen LogP contribution in [0.2, 0.25) is 0 Å². The molecule has 0 radical (unpaired) electrons. The molecule has 0 aliphatic carbocycles. The molecule has 2 aromatic rings. The van der Waals surface area contributed by atoms with E-state index in [0.29, 0.717) is 42.1 Å². The average molecular weight is 421 g/mol. The highest BCUT2D eigenvalue weighted by atomic mass is 19.1. The summed E-state index contributed by atoms with van der Waals surface area (Å²) < 4.78 is 18.2. The number of hydrogen-bond donors (Lipinski definition) is 1. The number of nitriles is 1. The third-order valence-corrected chi connectivity index (χ3v) is 5.18. The molecule has 1 fully saturated rings. The lowest BCUT2D eigenvalue weighted by Crippen LogP contribution is -2.50. The smallest absolute Gasteiger partial charge is 0.244 e. The van der Waals surface area contributed by atoms with E-state index in [1.165, 1.54) is 37.5 Å². The summed E-state index contributed by atoms with van der Waals surface area (Å²) >= 11 is 0. The number of benzene rings is 2. The van der Waals surface area contributed by atoms with E-state index in [4.69, 9.17) is 10.00 Å². The molecule has 1 saturated heterocycles. The Morgan fingerprint density at radius 1 is 1.26 bits per heavy atom. The van der Waals surface area contributed by atoms with Crippen molar-refractivity contribution in [2.45, 2.75) is 6.42 Å². The van der Waals surface area contributed by atoms with Crippen LogP contribution in [-0.2, 0) is 4.79 Å². The lowest BCUT2D eigenvalue weighted by atomic mass is 9.90. The van der Waals surface area contributed by atoms with Crippen molar-refractivity contribution in [1.29, 1.82) is 5.26 Å². The van der Waals surface area contributed by atoms with E-state index in [2.05, 4.69) is 16.3 Å². The minimum atomic E-state index is -0.349. The number of rotatable bonds is 9. The van der Waals surface area contributed by atoms with Crippen LogP contribution in [0, 0.1) is 23.1 Å². The zero-order valence-corrected chi connectivity index (χ0v) is 17.3. The van der Waals surface area contributed by atoms with Crippen LogP contribution in [0.15, 0.2) is 48.5 Å². The maximum Gasteiger partial charge on any atom is 0.244 e. The second kappa shape index (κ2) is 10.5. The molecule has 160 valence electrons. The molecule has 0 aromatic heterocycles. The number of Topliss-reactive ketones (excluding diaryl/α,β-unsaturated/α-hetero) is 1. The van der Waals surface area contributed by atoms with Gasteiger partial charge in [-0.1, -0.05) is 0 Å². The standard InChI is InChI=1S/C24H24FN3O3/c1-31-22-9-3-17(14-26)13-19(22)6-10-23(29)27-11-2-12-28-15-20(16-28)24(30)18-4-7-21(25)8-5-18/h3-10,13,20H,2,11-12,15-16H2,1H3,(H,27,29)/b10-6+. The number of ether oxygens (including phenoxy) is 1. The number of likely N-dealkylation sites (tertiary alicyclic amines) is 1. The van der Waals surface area contributed by atoms with Crippen molar-refractivity contribution in [3.8, 4) is 11.8 Å². The highest BCUT2D eigenvalue weighted by Crippen LogP contribution is 2.22. The van der Waals surface area contributed by atoms with Gasteiger partial charge in [0.2, 0.25) is 5.91 Å². The quantitative estimate of drug-likeness (QED) is 0.382. The molecule has 1 heterocycles. The highest BCUT2D eigenvalue weighted by Gasteiger charge is 2.32. The molecule has 0 unspecified atom stereocenters. The van der Waals surface area contributed by atoms with E-state index in [9.17, 15) is 14.0 Å². The van der Waals surface area contributed by atoms with Gasteiger partial charge in [0.05, 0.1) is 18.7 Å². The Morgan fingerprint density at radius 3 is 2.68 bits per heavy atom. The molecule has 0 spiro atoms. The van der Waals surface area contributed by atoms with Crippen molar-refractivity contribution >= 4 is 17.8 Å². The number of nitrogens with zero attached hydrogens (tertiary/aromatic N) is 2. The monoisotopic (exact) mass is 421 g/mol. The maximum atomic E-state index is 13.0. The van der Waals surface area contributed by atoms with Crippen LogP contribution in [0.1, 0.15) is 27.9 Å². The molecule has 1 amide bonds. The minimum Gasteiger partial charge on any atom is -0.496 e. The second-order valence-corrected chi connectivity index (χ2v) is 7.37. The molecule has 1 N–H and O–H groups in total. The number of amides is 1. The number of methoxy groups -OCH3 is 1. The molecule has 2 aromatic carbocycles. The third kappa shape index (κ3) is 6.00. The van der Waals surface area contributed by atoms with Gasteiger partial charge in [-0.3, -0.25) is 9.59 Å². The van der Waals surface area contributed by atoms with Gasteiger partial charge in [0, 0.05) is 42.8 Å². The molecule has 1 aliphatic rings. The van der Waals surface area contributed by atoms with E-state index in [0.717, 1.165) is 13.0 Å². The van der Waals surface area contributed by atoms with Crippen molar-refractivity contribution in [3.05, 3.63) is 71.0 Å². The molecule has 0 saturated carbocycles. The first-order chi connectivity index (χ1) is 15.0. The molecule has 0 bridgehead atoms. The highest BCUT2D eigenvalue weighted by molar-refractivity contribution is 5.98. The fourth-order valence-corrected chi connectivity index (χ4v) is 3.44. The Morgan fingerprint density at radius 2 is 2.00 bits per heavy atom. The van der Waals surface area contributed by atoms with Crippen molar-refractivity contribution in [2.75, 3.05) is 33.3 Å². The molecule has 31 heavy (non-hydrogen) atoms. The summed E-state index contributed by atoms with van der Waals surface area (Å²) in [5.74, 6) is 0.00851. The predicted molar refractivity (Wildman–Crippen MR) is 115 cm³/mol. The van der Waals surface area contributed by atoms with Crippen LogP contribution < -0.4 is 10.1 Å². The van der Waals surface area contributed by atoms with Gasteiger partial charge in [-0.15, -0.1) is 0 Å². The number of ketones is 1. The Labute approximate surface area is 180 Å².